The normalized spacial score (nSPS) is 18.5. The molecule has 0 radical (unpaired) electrons. The average molecular weight is 248 g/mol. The van der Waals surface area contributed by atoms with E-state index in [4.69, 9.17) is 0 Å². The third-order valence-electron chi connectivity index (χ3n) is 3.82. The predicted octanol–water partition coefficient (Wildman–Crippen LogP) is 3.41. The summed E-state index contributed by atoms with van der Waals surface area (Å²) in [5, 5.41) is 14.2. The van der Waals surface area contributed by atoms with Crippen molar-refractivity contribution in [1.29, 1.82) is 0 Å². The van der Waals surface area contributed by atoms with Crippen molar-refractivity contribution >= 4 is 5.69 Å². The number of hydrogen-bond donors (Lipinski definition) is 1. The molecule has 4 heteroatoms. The van der Waals surface area contributed by atoms with Crippen LogP contribution in [0.15, 0.2) is 24.3 Å². The Labute approximate surface area is 108 Å². The number of benzene rings is 1. The van der Waals surface area contributed by atoms with Gasteiger partial charge in [-0.25, -0.2) is 0 Å². The highest BCUT2D eigenvalue weighted by molar-refractivity contribution is 5.32. The highest BCUT2D eigenvalue weighted by atomic mass is 16.6. The summed E-state index contributed by atoms with van der Waals surface area (Å²) >= 11 is 0. The van der Waals surface area contributed by atoms with E-state index < -0.39 is 0 Å². The minimum Gasteiger partial charge on any atom is -0.307 e. The van der Waals surface area contributed by atoms with Crippen molar-refractivity contribution in [3.05, 3.63) is 39.9 Å². The van der Waals surface area contributed by atoms with Gasteiger partial charge in [0.1, 0.15) is 0 Å². The van der Waals surface area contributed by atoms with Gasteiger partial charge in [-0.15, -0.1) is 0 Å². The van der Waals surface area contributed by atoms with Crippen LogP contribution in [0.25, 0.3) is 0 Å². The average Bonchev–Trinajstić information content (AvgIpc) is 2.38. The molecule has 98 valence electrons. The molecule has 0 heterocycles. The zero-order chi connectivity index (χ0) is 13.0. The van der Waals surface area contributed by atoms with Crippen molar-refractivity contribution in [2.45, 2.75) is 51.1 Å². The van der Waals surface area contributed by atoms with Gasteiger partial charge in [0.15, 0.2) is 0 Å². The summed E-state index contributed by atoms with van der Waals surface area (Å²) in [7, 11) is 0. The smallest absolute Gasteiger partial charge is 0.269 e. The van der Waals surface area contributed by atoms with Crippen LogP contribution in [-0.2, 0) is 6.54 Å². The maximum absolute atomic E-state index is 10.6. The van der Waals surface area contributed by atoms with Crippen LogP contribution in [0.4, 0.5) is 5.69 Å². The lowest BCUT2D eigenvalue weighted by atomic mass is 9.83. The summed E-state index contributed by atoms with van der Waals surface area (Å²) in [5.74, 6) is 0. The molecule has 1 N–H and O–H groups in total. The molecule has 1 aromatic carbocycles. The minimum atomic E-state index is -0.361. The van der Waals surface area contributed by atoms with Gasteiger partial charge in [0, 0.05) is 24.2 Å². The van der Waals surface area contributed by atoms with Gasteiger partial charge in [0.05, 0.1) is 4.92 Å². The van der Waals surface area contributed by atoms with Crippen molar-refractivity contribution in [2.24, 2.45) is 0 Å². The fraction of sp³-hybridized carbons (Fsp3) is 0.571. The van der Waals surface area contributed by atoms with E-state index in [0.717, 1.165) is 12.1 Å². The van der Waals surface area contributed by atoms with E-state index in [1.165, 1.54) is 32.1 Å². The van der Waals surface area contributed by atoms with Crippen LogP contribution in [0.2, 0.25) is 0 Å². The molecule has 1 saturated carbocycles. The first-order chi connectivity index (χ1) is 8.59. The predicted molar refractivity (Wildman–Crippen MR) is 71.4 cm³/mol. The third kappa shape index (κ3) is 3.29. The molecule has 2 rings (SSSR count). The van der Waals surface area contributed by atoms with Gasteiger partial charge in [0.25, 0.3) is 5.69 Å². The number of rotatable bonds is 4. The molecule has 0 atom stereocenters. The fourth-order valence-electron chi connectivity index (χ4n) is 2.56. The summed E-state index contributed by atoms with van der Waals surface area (Å²) in [6.45, 7) is 3.06. The molecule has 18 heavy (non-hydrogen) atoms. The Bertz CT molecular complexity index is 408. The molecule has 1 aliphatic carbocycles. The van der Waals surface area contributed by atoms with Crippen LogP contribution in [0.1, 0.15) is 44.6 Å². The van der Waals surface area contributed by atoms with Crippen molar-refractivity contribution < 1.29 is 4.92 Å². The lowest BCUT2D eigenvalue weighted by molar-refractivity contribution is -0.384. The molecule has 0 amide bonds. The SMILES string of the molecule is CC1(NCc2ccc([N+](=O)[O-])cc2)CCCCC1. The topological polar surface area (TPSA) is 55.2 Å². The first kappa shape index (κ1) is 13.0. The monoisotopic (exact) mass is 248 g/mol. The molecule has 4 nitrogen and oxygen atoms in total. The number of nitrogens with one attached hydrogen (secondary N) is 1. The summed E-state index contributed by atoms with van der Waals surface area (Å²) in [4.78, 5) is 10.2. The molecule has 0 bridgehead atoms. The number of nitro benzene ring substituents is 1. The second kappa shape index (κ2) is 5.48. The van der Waals surface area contributed by atoms with Crippen LogP contribution >= 0.6 is 0 Å². The first-order valence-corrected chi connectivity index (χ1v) is 6.57. The summed E-state index contributed by atoms with van der Waals surface area (Å²) in [6, 6.07) is 6.80. The zero-order valence-electron chi connectivity index (χ0n) is 10.8. The van der Waals surface area contributed by atoms with Gasteiger partial charge in [-0.05, 0) is 25.3 Å². The largest absolute Gasteiger partial charge is 0.307 e. The number of hydrogen-bond acceptors (Lipinski definition) is 3. The second-order valence-electron chi connectivity index (χ2n) is 5.40. The van der Waals surface area contributed by atoms with E-state index in [0.29, 0.717) is 0 Å². The standard InChI is InChI=1S/C14H20N2O2/c1-14(9-3-2-4-10-14)15-11-12-5-7-13(8-6-12)16(17)18/h5-8,15H,2-4,9-11H2,1H3. The van der Waals surface area contributed by atoms with Crippen LogP contribution < -0.4 is 5.32 Å². The Hall–Kier alpha value is -1.42. The maximum Gasteiger partial charge on any atom is 0.269 e. The Morgan fingerprint density at radius 2 is 1.83 bits per heavy atom. The van der Waals surface area contributed by atoms with Gasteiger partial charge in [-0.1, -0.05) is 31.4 Å². The number of nitrogens with zero attached hydrogens (tertiary/aromatic N) is 1. The van der Waals surface area contributed by atoms with Gasteiger partial charge in [0.2, 0.25) is 0 Å². The van der Waals surface area contributed by atoms with Gasteiger partial charge in [-0.2, -0.15) is 0 Å². The molecular formula is C14H20N2O2. The van der Waals surface area contributed by atoms with Gasteiger partial charge < -0.3 is 5.32 Å². The number of nitro groups is 1. The first-order valence-electron chi connectivity index (χ1n) is 6.57. The van der Waals surface area contributed by atoms with E-state index in [1.54, 1.807) is 12.1 Å². The molecule has 0 aliphatic heterocycles. The molecule has 0 unspecified atom stereocenters. The van der Waals surface area contributed by atoms with E-state index in [9.17, 15) is 10.1 Å². The van der Waals surface area contributed by atoms with Gasteiger partial charge >= 0.3 is 0 Å². The van der Waals surface area contributed by atoms with Gasteiger partial charge in [-0.3, -0.25) is 10.1 Å². The van der Waals surface area contributed by atoms with E-state index in [-0.39, 0.29) is 16.1 Å². The van der Waals surface area contributed by atoms with Crippen LogP contribution in [-0.4, -0.2) is 10.5 Å². The maximum atomic E-state index is 10.6. The summed E-state index contributed by atoms with van der Waals surface area (Å²) in [5.41, 5.74) is 1.50. The molecule has 1 aromatic rings. The third-order valence-corrected chi connectivity index (χ3v) is 3.82. The molecule has 1 aliphatic rings. The number of non-ortho nitro benzene ring substituents is 1. The van der Waals surface area contributed by atoms with Crippen molar-refractivity contribution in [2.75, 3.05) is 0 Å². The Morgan fingerprint density at radius 1 is 1.22 bits per heavy atom. The van der Waals surface area contributed by atoms with E-state index >= 15 is 0 Å². The van der Waals surface area contributed by atoms with Crippen molar-refractivity contribution in [1.82, 2.24) is 5.32 Å². The second-order valence-corrected chi connectivity index (χ2v) is 5.40. The van der Waals surface area contributed by atoms with Crippen molar-refractivity contribution in [3.8, 4) is 0 Å². The van der Waals surface area contributed by atoms with Crippen LogP contribution in [0.5, 0.6) is 0 Å². The molecular weight excluding hydrogens is 228 g/mol. The Kier molecular flexibility index (Phi) is 3.97. The molecule has 0 aromatic heterocycles. The highest BCUT2D eigenvalue weighted by Gasteiger charge is 2.25. The van der Waals surface area contributed by atoms with E-state index in [1.807, 2.05) is 12.1 Å². The molecule has 0 spiro atoms. The van der Waals surface area contributed by atoms with Crippen LogP contribution in [0, 0.1) is 10.1 Å². The minimum absolute atomic E-state index is 0.155. The highest BCUT2D eigenvalue weighted by Crippen LogP contribution is 2.27. The fourth-order valence-corrected chi connectivity index (χ4v) is 2.56. The zero-order valence-corrected chi connectivity index (χ0v) is 10.8. The lowest BCUT2D eigenvalue weighted by Gasteiger charge is -2.34. The quantitative estimate of drug-likeness (QED) is 0.656. The Morgan fingerprint density at radius 3 is 2.39 bits per heavy atom. The summed E-state index contributed by atoms with van der Waals surface area (Å²) < 4.78 is 0. The Balaban J connectivity index is 1.91. The summed E-state index contributed by atoms with van der Waals surface area (Å²) in [6.07, 6.45) is 6.38. The van der Waals surface area contributed by atoms with Crippen LogP contribution in [0.3, 0.4) is 0 Å². The molecule has 0 saturated heterocycles. The van der Waals surface area contributed by atoms with E-state index in [2.05, 4.69) is 12.2 Å². The molecule has 1 fully saturated rings. The van der Waals surface area contributed by atoms with Crippen molar-refractivity contribution in [3.63, 3.8) is 0 Å². The lowest BCUT2D eigenvalue weighted by Crippen LogP contribution is -2.43.